The Morgan fingerprint density at radius 2 is 1.23 bits per heavy atom. The predicted octanol–water partition coefficient (Wildman–Crippen LogP) is 2.76. The molecule has 0 aliphatic rings. The SMILES string of the molecule is CNCC(c1ccc(OC)c(OC)c1)C(O)c1ccc(OC)c(OC)c1. The maximum Gasteiger partial charge on any atom is 0.161 e. The fraction of sp³-hybridized carbons (Fsp3) is 0.400. The molecule has 2 rings (SSSR count). The second-order valence-corrected chi connectivity index (χ2v) is 5.84. The average molecular weight is 361 g/mol. The number of hydrogen-bond acceptors (Lipinski definition) is 6. The second-order valence-electron chi connectivity index (χ2n) is 5.84. The van der Waals surface area contributed by atoms with E-state index in [0.717, 1.165) is 11.1 Å². The molecular formula is C20H27NO5. The van der Waals surface area contributed by atoms with Gasteiger partial charge in [-0.1, -0.05) is 12.1 Å². The van der Waals surface area contributed by atoms with Gasteiger partial charge in [0.25, 0.3) is 0 Å². The van der Waals surface area contributed by atoms with Gasteiger partial charge in [-0.25, -0.2) is 0 Å². The fourth-order valence-corrected chi connectivity index (χ4v) is 2.98. The van der Waals surface area contributed by atoms with Crippen LogP contribution in [0, 0.1) is 0 Å². The molecule has 0 heterocycles. The van der Waals surface area contributed by atoms with Crippen LogP contribution in [0.4, 0.5) is 0 Å². The van der Waals surface area contributed by atoms with Crippen molar-refractivity contribution in [3.63, 3.8) is 0 Å². The summed E-state index contributed by atoms with van der Waals surface area (Å²) in [5, 5.41) is 14.2. The third-order valence-electron chi connectivity index (χ3n) is 4.39. The summed E-state index contributed by atoms with van der Waals surface area (Å²) in [4.78, 5) is 0. The van der Waals surface area contributed by atoms with Crippen LogP contribution in [-0.4, -0.2) is 47.1 Å². The van der Waals surface area contributed by atoms with Crippen molar-refractivity contribution in [1.29, 1.82) is 0 Å². The highest BCUT2D eigenvalue weighted by molar-refractivity contribution is 5.46. The summed E-state index contributed by atoms with van der Waals surface area (Å²) in [6, 6.07) is 11.1. The Morgan fingerprint density at radius 1 is 0.769 bits per heavy atom. The molecule has 142 valence electrons. The highest BCUT2D eigenvalue weighted by Gasteiger charge is 2.24. The number of aliphatic hydroxyl groups is 1. The van der Waals surface area contributed by atoms with E-state index in [0.29, 0.717) is 29.5 Å². The summed E-state index contributed by atoms with van der Waals surface area (Å²) in [5.74, 6) is 2.31. The van der Waals surface area contributed by atoms with Gasteiger partial charge in [-0.05, 0) is 42.4 Å². The lowest BCUT2D eigenvalue weighted by atomic mass is 9.88. The van der Waals surface area contributed by atoms with E-state index in [1.807, 2.05) is 31.3 Å². The van der Waals surface area contributed by atoms with Crippen molar-refractivity contribution in [1.82, 2.24) is 5.32 Å². The zero-order valence-electron chi connectivity index (χ0n) is 15.9. The molecule has 2 aromatic rings. The quantitative estimate of drug-likeness (QED) is 0.716. The van der Waals surface area contributed by atoms with Crippen molar-refractivity contribution >= 4 is 0 Å². The van der Waals surface area contributed by atoms with Crippen LogP contribution in [0.25, 0.3) is 0 Å². The van der Waals surface area contributed by atoms with Gasteiger partial charge < -0.3 is 29.4 Å². The van der Waals surface area contributed by atoms with Crippen LogP contribution in [0.5, 0.6) is 23.0 Å². The average Bonchev–Trinajstić information content (AvgIpc) is 2.70. The molecule has 2 aromatic carbocycles. The van der Waals surface area contributed by atoms with Gasteiger partial charge in [-0.3, -0.25) is 0 Å². The van der Waals surface area contributed by atoms with E-state index in [9.17, 15) is 5.11 Å². The zero-order chi connectivity index (χ0) is 19.1. The molecule has 0 aliphatic carbocycles. The van der Waals surface area contributed by atoms with E-state index in [1.165, 1.54) is 0 Å². The lowest BCUT2D eigenvalue weighted by molar-refractivity contribution is 0.143. The maximum atomic E-state index is 11.0. The summed E-state index contributed by atoms with van der Waals surface area (Å²) in [6.45, 7) is 0.588. The number of aliphatic hydroxyl groups excluding tert-OH is 1. The highest BCUT2D eigenvalue weighted by atomic mass is 16.5. The van der Waals surface area contributed by atoms with E-state index >= 15 is 0 Å². The summed E-state index contributed by atoms with van der Waals surface area (Å²) >= 11 is 0. The van der Waals surface area contributed by atoms with Crippen LogP contribution < -0.4 is 24.3 Å². The first-order valence-electron chi connectivity index (χ1n) is 8.36. The van der Waals surface area contributed by atoms with Gasteiger partial charge in [0, 0.05) is 12.5 Å². The third-order valence-corrected chi connectivity index (χ3v) is 4.39. The molecule has 0 amide bonds. The normalized spacial score (nSPS) is 13.0. The van der Waals surface area contributed by atoms with Crippen molar-refractivity contribution in [2.24, 2.45) is 0 Å². The molecule has 2 atom stereocenters. The highest BCUT2D eigenvalue weighted by Crippen LogP contribution is 2.38. The summed E-state index contributed by atoms with van der Waals surface area (Å²) < 4.78 is 21.3. The Kier molecular flexibility index (Phi) is 7.12. The summed E-state index contributed by atoms with van der Waals surface area (Å²) in [6.07, 6.45) is -0.736. The Hall–Kier alpha value is -2.44. The minimum absolute atomic E-state index is 0.182. The van der Waals surface area contributed by atoms with Gasteiger partial charge in [0.15, 0.2) is 23.0 Å². The molecular weight excluding hydrogens is 334 g/mol. The van der Waals surface area contributed by atoms with Crippen molar-refractivity contribution < 1.29 is 24.1 Å². The smallest absolute Gasteiger partial charge is 0.161 e. The molecule has 0 bridgehead atoms. The van der Waals surface area contributed by atoms with Crippen LogP contribution in [0.1, 0.15) is 23.1 Å². The number of ether oxygens (including phenoxy) is 4. The first-order valence-corrected chi connectivity index (χ1v) is 8.36. The topological polar surface area (TPSA) is 69.2 Å². The van der Waals surface area contributed by atoms with Crippen LogP contribution in [0.15, 0.2) is 36.4 Å². The van der Waals surface area contributed by atoms with Gasteiger partial charge in [-0.2, -0.15) is 0 Å². The van der Waals surface area contributed by atoms with Gasteiger partial charge in [0.2, 0.25) is 0 Å². The first kappa shape index (κ1) is 19.9. The van der Waals surface area contributed by atoms with Crippen molar-refractivity contribution in [2.45, 2.75) is 12.0 Å². The predicted molar refractivity (Wildman–Crippen MR) is 101 cm³/mol. The summed E-state index contributed by atoms with van der Waals surface area (Å²) in [5.41, 5.74) is 1.69. The number of hydrogen-bond donors (Lipinski definition) is 2. The van der Waals surface area contributed by atoms with Crippen molar-refractivity contribution in [3.8, 4) is 23.0 Å². The minimum Gasteiger partial charge on any atom is -0.493 e. The Balaban J connectivity index is 2.40. The number of methoxy groups -OCH3 is 4. The molecule has 0 saturated carbocycles. The van der Waals surface area contributed by atoms with Gasteiger partial charge in [0.05, 0.1) is 34.5 Å². The Morgan fingerprint density at radius 3 is 1.69 bits per heavy atom. The number of likely N-dealkylation sites (N-methyl/N-ethyl adjacent to an activating group) is 1. The van der Waals surface area contributed by atoms with Gasteiger partial charge >= 0.3 is 0 Å². The van der Waals surface area contributed by atoms with E-state index in [-0.39, 0.29) is 5.92 Å². The zero-order valence-corrected chi connectivity index (χ0v) is 15.9. The number of benzene rings is 2. The van der Waals surface area contributed by atoms with Gasteiger partial charge in [-0.15, -0.1) is 0 Å². The molecule has 6 nitrogen and oxygen atoms in total. The first-order chi connectivity index (χ1) is 12.6. The molecule has 0 fully saturated rings. The third kappa shape index (κ3) is 4.20. The van der Waals surface area contributed by atoms with E-state index in [2.05, 4.69) is 5.32 Å². The molecule has 0 aromatic heterocycles. The van der Waals surface area contributed by atoms with Gasteiger partial charge in [0.1, 0.15) is 0 Å². The Bertz CT molecular complexity index is 719. The largest absolute Gasteiger partial charge is 0.493 e. The molecule has 0 saturated heterocycles. The maximum absolute atomic E-state index is 11.0. The lowest BCUT2D eigenvalue weighted by Crippen LogP contribution is -2.23. The van der Waals surface area contributed by atoms with Crippen LogP contribution in [-0.2, 0) is 0 Å². The van der Waals surface area contributed by atoms with E-state index in [4.69, 9.17) is 18.9 Å². The standard InChI is InChI=1S/C20H27NO5/c1-21-12-15(13-6-8-16(23-2)18(10-13)25-4)20(22)14-7-9-17(24-3)19(11-14)26-5/h6-11,15,20-22H,12H2,1-5H3. The summed E-state index contributed by atoms with van der Waals surface area (Å²) in [7, 11) is 8.21. The lowest BCUT2D eigenvalue weighted by Gasteiger charge is -2.25. The molecule has 2 N–H and O–H groups in total. The molecule has 0 spiro atoms. The molecule has 2 unspecified atom stereocenters. The van der Waals surface area contributed by atoms with E-state index in [1.54, 1.807) is 40.6 Å². The van der Waals surface area contributed by atoms with Crippen LogP contribution in [0.2, 0.25) is 0 Å². The van der Waals surface area contributed by atoms with E-state index < -0.39 is 6.10 Å². The van der Waals surface area contributed by atoms with Crippen LogP contribution >= 0.6 is 0 Å². The molecule has 0 aliphatic heterocycles. The molecule has 26 heavy (non-hydrogen) atoms. The number of nitrogens with one attached hydrogen (secondary N) is 1. The number of rotatable bonds is 9. The van der Waals surface area contributed by atoms with Crippen LogP contribution in [0.3, 0.4) is 0 Å². The molecule has 0 radical (unpaired) electrons. The van der Waals surface area contributed by atoms with Crippen molar-refractivity contribution in [3.05, 3.63) is 47.5 Å². The minimum atomic E-state index is -0.736. The molecule has 6 heteroatoms. The monoisotopic (exact) mass is 361 g/mol. The second kappa shape index (κ2) is 9.31. The Labute approximate surface area is 154 Å². The fourth-order valence-electron chi connectivity index (χ4n) is 2.98. The van der Waals surface area contributed by atoms with Crippen molar-refractivity contribution in [2.75, 3.05) is 42.0 Å².